The molecule has 1 aliphatic rings. The first-order chi connectivity index (χ1) is 10.3. The summed E-state index contributed by atoms with van der Waals surface area (Å²) in [5.41, 5.74) is 0. The average Bonchev–Trinajstić information content (AvgIpc) is 2.55. The van der Waals surface area contributed by atoms with Gasteiger partial charge in [-0.2, -0.15) is 0 Å². The number of aromatic nitrogens is 1. The van der Waals surface area contributed by atoms with Crippen molar-refractivity contribution in [1.29, 1.82) is 0 Å². The van der Waals surface area contributed by atoms with Gasteiger partial charge in [-0.25, -0.2) is 4.98 Å². The van der Waals surface area contributed by atoms with Crippen LogP contribution in [0.15, 0.2) is 24.4 Å². The van der Waals surface area contributed by atoms with Crippen LogP contribution >= 0.6 is 0 Å². The van der Waals surface area contributed by atoms with Gasteiger partial charge in [-0.3, -0.25) is 4.90 Å². The second kappa shape index (κ2) is 8.97. The van der Waals surface area contributed by atoms with Crippen LogP contribution in [0.2, 0.25) is 0 Å². The monoisotopic (exact) mass is 292 g/mol. The van der Waals surface area contributed by atoms with E-state index in [2.05, 4.69) is 39.2 Å². The maximum absolute atomic E-state index is 5.39. The zero-order valence-electron chi connectivity index (χ0n) is 13.3. The largest absolute Gasteiger partial charge is 0.383 e. The van der Waals surface area contributed by atoms with Gasteiger partial charge >= 0.3 is 0 Å². The molecule has 1 unspecified atom stereocenters. The predicted molar refractivity (Wildman–Crippen MR) is 86.8 cm³/mol. The standard InChI is InChI=1S/C16H28N4O/c1-3-7-17-13-15(14-21-2)19-9-11-20(12-10-19)16-6-4-5-8-18-16/h4-6,8,15,17H,3,7,9-14H2,1-2H3. The van der Waals surface area contributed by atoms with Crippen LogP contribution in [-0.4, -0.2) is 68.9 Å². The van der Waals surface area contributed by atoms with Crippen LogP contribution in [0.4, 0.5) is 5.82 Å². The number of pyridine rings is 1. The van der Waals surface area contributed by atoms with Gasteiger partial charge < -0.3 is 15.0 Å². The van der Waals surface area contributed by atoms with E-state index in [1.165, 1.54) is 6.42 Å². The van der Waals surface area contributed by atoms with Crippen LogP contribution in [0.1, 0.15) is 13.3 Å². The second-order valence-corrected chi connectivity index (χ2v) is 5.52. The van der Waals surface area contributed by atoms with Gasteiger partial charge in [0.25, 0.3) is 0 Å². The van der Waals surface area contributed by atoms with E-state index in [0.29, 0.717) is 6.04 Å². The van der Waals surface area contributed by atoms with Gasteiger partial charge in [0.2, 0.25) is 0 Å². The van der Waals surface area contributed by atoms with Crippen LogP contribution in [0.25, 0.3) is 0 Å². The van der Waals surface area contributed by atoms with Gasteiger partial charge in [0.1, 0.15) is 5.82 Å². The van der Waals surface area contributed by atoms with Crippen molar-refractivity contribution in [3.63, 3.8) is 0 Å². The smallest absolute Gasteiger partial charge is 0.128 e. The molecule has 5 heteroatoms. The van der Waals surface area contributed by atoms with Gasteiger partial charge in [0.15, 0.2) is 0 Å². The zero-order valence-corrected chi connectivity index (χ0v) is 13.3. The lowest BCUT2D eigenvalue weighted by atomic mass is 10.2. The summed E-state index contributed by atoms with van der Waals surface area (Å²) in [6, 6.07) is 6.57. The fourth-order valence-corrected chi connectivity index (χ4v) is 2.79. The highest BCUT2D eigenvalue weighted by atomic mass is 16.5. The van der Waals surface area contributed by atoms with Crippen molar-refractivity contribution >= 4 is 5.82 Å². The maximum Gasteiger partial charge on any atom is 0.128 e. The molecule has 1 aromatic heterocycles. The third-order valence-corrected chi connectivity index (χ3v) is 3.97. The van der Waals surface area contributed by atoms with Crippen molar-refractivity contribution in [1.82, 2.24) is 15.2 Å². The van der Waals surface area contributed by atoms with E-state index in [1.54, 1.807) is 7.11 Å². The van der Waals surface area contributed by atoms with Crippen LogP contribution in [0.3, 0.4) is 0 Å². The van der Waals surface area contributed by atoms with Gasteiger partial charge in [0, 0.05) is 52.1 Å². The highest BCUT2D eigenvalue weighted by Crippen LogP contribution is 2.14. The Morgan fingerprint density at radius 1 is 1.29 bits per heavy atom. The molecule has 1 aromatic rings. The second-order valence-electron chi connectivity index (χ2n) is 5.52. The van der Waals surface area contributed by atoms with E-state index in [0.717, 1.165) is 51.7 Å². The van der Waals surface area contributed by atoms with Crippen molar-refractivity contribution in [3.8, 4) is 0 Å². The normalized spacial score (nSPS) is 17.9. The Kier molecular flexibility index (Phi) is 6.92. The molecule has 0 aliphatic carbocycles. The maximum atomic E-state index is 5.39. The summed E-state index contributed by atoms with van der Waals surface area (Å²) in [6.07, 6.45) is 3.04. The van der Waals surface area contributed by atoms with E-state index >= 15 is 0 Å². The summed E-state index contributed by atoms with van der Waals surface area (Å²) in [5.74, 6) is 1.09. The molecule has 0 bridgehead atoms. The molecular weight excluding hydrogens is 264 g/mol. The summed E-state index contributed by atoms with van der Waals surface area (Å²) in [5, 5.41) is 3.51. The van der Waals surface area contributed by atoms with Crippen LogP contribution in [0.5, 0.6) is 0 Å². The fraction of sp³-hybridized carbons (Fsp3) is 0.688. The Morgan fingerprint density at radius 3 is 2.71 bits per heavy atom. The van der Waals surface area contributed by atoms with Crippen molar-refractivity contribution in [2.24, 2.45) is 0 Å². The summed E-state index contributed by atoms with van der Waals surface area (Å²) in [4.78, 5) is 9.33. The van der Waals surface area contributed by atoms with Gasteiger partial charge in [-0.15, -0.1) is 0 Å². The third kappa shape index (κ3) is 4.95. The molecule has 1 aliphatic heterocycles. The molecule has 118 valence electrons. The van der Waals surface area contributed by atoms with Crippen molar-refractivity contribution in [3.05, 3.63) is 24.4 Å². The first-order valence-corrected chi connectivity index (χ1v) is 7.94. The third-order valence-electron chi connectivity index (χ3n) is 3.97. The first kappa shape index (κ1) is 16.2. The molecule has 0 radical (unpaired) electrons. The van der Waals surface area contributed by atoms with E-state index in [-0.39, 0.29) is 0 Å². The fourth-order valence-electron chi connectivity index (χ4n) is 2.79. The molecule has 1 fully saturated rings. The van der Waals surface area contributed by atoms with Crippen LogP contribution < -0.4 is 10.2 Å². The molecule has 2 heterocycles. The minimum atomic E-state index is 0.465. The lowest BCUT2D eigenvalue weighted by Crippen LogP contribution is -2.54. The van der Waals surface area contributed by atoms with E-state index in [4.69, 9.17) is 4.74 Å². The van der Waals surface area contributed by atoms with Gasteiger partial charge in [-0.1, -0.05) is 13.0 Å². The molecule has 0 aromatic carbocycles. The van der Waals surface area contributed by atoms with Crippen LogP contribution in [-0.2, 0) is 4.74 Å². The van der Waals surface area contributed by atoms with Crippen molar-refractivity contribution in [2.75, 3.05) is 57.9 Å². The van der Waals surface area contributed by atoms with Gasteiger partial charge in [-0.05, 0) is 25.1 Å². The summed E-state index contributed by atoms with van der Waals surface area (Å²) < 4.78 is 5.39. The Balaban J connectivity index is 1.82. The number of rotatable bonds is 8. The minimum Gasteiger partial charge on any atom is -0.383 e. The molecule has 0 spiro atoms. The summed E-state index contributed by atoms with van der Waals surface area (Å²) in [6.45, 7) is 9.27. The van der Waals surface area contributed by atoms with Crippen molar-refractivity contribution < 1.29 is 4.74 Å². The lowest BCUT2D eigenvalue weighted by molar-refractivity contribution is 0.0852. The number of hydrogen-bond donors (Lipinski definition) is 1. The lowest BCUT2D eigenvalue weighted by Gasteiger charge is -2.39. The molecule has 21 heavy (non-hydrogen) atoms. The molecule has 1 N–H and O–H groups in total. The molecule has 0 amide bonds. The highest BCUT2D eigenvalue weighted by Gasteiger charge is 2.24. The SMILES string of the molecule is CCCNCC(COC)N1CCN(c2ccccn2)CC1. The number of anilines is 1. The molecule has 5 nitrogen and oxygen atoms in total. The molecule has 2 rings (SSSR count). The number of nitrogens with one attached hydrogen (secondary N) is 1. The van der Waals surface area contributed by atoms with E-state index in [1.807, 2.05) is 12.3 Å². The quantitative estimate of drug-likeness (QED) is 0.730. The number of piperazine rings is 1. The predicted octanol–water partition coefficient (Wildman–Crippen LogP) is 1.22. The Hall–Kier alpha value is -1.17. The van der Waals surface area contributed by atoms with E-state index in [9.17, 15) is 0 Å². The molecule has 1 atom stereocenters. The topological polar surface area (TPSA) is 40.6 Å². The molecule has 1 saturated heterocycles. The Labute approximate surface area is 128 Å². The highest BCUT2D eigenvalue weighted by molar-refractivity contribution is 5.38. The first-order valence-electron chi connectivity index (χ1n) is 7.94. The summed E-state index contributed by atoms with van der Waals surface area (Å²) >= 11 is 0. The Bertz CT molecular complexity index is 379. The molecule has 0 saturated carbocycles. The molecular formula is C16H28N4O. The number of ether oxygens (including phenoxy) is 1. The zero-order chi connectivity index (χ0) is 14.9. The number of nitrogens with zero attached hydrogens (tertiary/aromatic N) is 3. The van der Waals surface area contributed by atoms with Gasteiger partial charge in [0.05, 0.1) is 6.61 Å². The minimum absolute atomic E-state index is 0.465. The number of hydrogen-bond acceptors (Lipinski definition) is 5. The van der Waals surface area contributed by atoms with Crippen molar-refractivity contribution in [2.45, 2.75) is 19.4 Å². The average molecular weight is 292 g/mol. The Morgan fingerprint density at radius 2 is 2.10 bits per heavy atom. The number of methoxy groups -OCH3 is 1. The summed E-state index contributed by atoms with van der Waals surface area (Å²) in [7, 11) is 1.79. The van der Waals surface area contributed by atoms with E-state index < -0.39 is 0 Å². The van der Waals surface area contributed by atoms with Crippen LogP contribution in [0, 0.1) is 0 Å².